The number of aromatic nitrogens is 1. The van der Waals surface area contributed by atoms with Crippen LogP contribution >= 0.6 is 0 Å². The molecule has 2 amide bonds. The first-order chi connectivity index (χ1) is 15.4. The van der Waals surface area contributed by atoms with Gasteiger partial charge in [0, 0.05) is 57.4 Å². The van der Waals surface area contributed by atoms with Crippen LogP contribution in [-0.4, -0.2) is 66.3 Å². The number of amides is 2. The van der Waals surface area contributed by atoms with Crippen molar-refractivity contribution in [2.45, 2.75) is 50.8 Å². The van der Waals surface area contributed by atoms with E-state index in [2.05, 4.69) is 9.88 Å². The van der Waals surface area contributed by atoms with Gasteiger partial charge in [0.25, 0.3) is 11.8 Å². The Kier molecular flexibility index (Phi) is 6.14. The van der Waals surface area contributed by atoms with E-state index in [1.807, 2.05) is 43.0 Å². The Morgan fingerprint density at radius 3 is 2.38 bits per heavy atom. The van der Waals surface area contributed by atoms with Crippen LogP contribution in [0, 0.1) is 13.8 Å². The summed E-state index contributed by atoms with van der Waals surface area (Å²) in [7, 11) is 3.39. The molecule has 0 atom stereocenters. The summed E-state index contributed by atoms with van der Waals surface area (Å²) in [6, 6.07) is 11.2. The Morgan fingerprint density at radius 2 is 1.78 bits per heavy atom. The smallest absolute Gasteiger partial charge is 0.255 e. The maximum Gasteiger partial charge on any atom is 0.255 e. The minimum absolute atomic E-state index is 0.00702. The molecule has 0 spiro atoms. The summed E-state index contributed by atoms with van der Waals surface area (Å²) in [4.78, 5) is 28.1. The molecule has 1 aliphatic carbocycles. The second-order valence-electron chi connectivity index (χ2n) is 9.04. The number of nitrogens with zero attached hydrogens (tertiary/aromatic N) is 2. The molecule has 0 unspecified atom stereocenters. The molecular formula is C25H33N3O4. The first-order valence-electron chi connectivity index (χ1n) is 11.2. The van der Waals surface area contributed by atoms with Crippen molar-refractivity contribution in [3.05, 3.63) is 58.9 Å². The van der Waals surface area contributed by atoms with Crippen molar-refractivity contribution in [2.75, 3.05) is 33.9 Å². The summed E-state index contributed by atoms with van der Waals surface area (Å²) < 4.78 is 13.2. The van der Waals surface area contributed by atoms with Gasteiger partial charge in [-0.15, -0.1) is 0 Å². The molecule has 2 fully saturated rings. The van der Waals surface area contributed by atoms with E-state index in [1.54, 1.807) is 26.4 Å². The van der Waals surface area contributed by atoms with Crippen molar-refractivity contribution in [3.63, 3.8) is 0 Å². The molecule has 1 saturated heterocycles. The zero-order valence-corrected chi connectivity index (χ0v) is 19.4. The molecule has 7 nitrogen and oxygen atoms in total. The highest BCUT2D eigenvalue weighted by molar-refractivity contribution is 5.98. The zero-order valence-electron chi connectivity index (χ0n) is 19.4. The van der Waals surface area contributed by atoms with Gasteiger partial charge in [-0.2, -0.15) is 0 Å². The van der Waals surface area contributed by atoms with Gasteiger partial charge >= 0.3 is 0 Å². The molecule has 2 aromatic rings. The first-order valence-corrected chi connectivity index (χ1v) is 11.2. The molecule has 1 saturated carbocycles. The average Bonchev–Trinajstić information content (AvgIpc) is 3.53. The average molecular weight is 440 g/mol. The van der Waals surface area contributed by atoms with Gasteiger partial charge in [-0.1, -0.05) is 18.2 Å². The number of likely N-dealkylation sites (tertiary alicyclic amines) is 1. The quantitative estimate of drug-likeness (QED) is 0.610. The molecule has 1 N–H and O–H groups in total. The van der Waals surface area contributed by atoms with Crippen LogP contribution in [-0.2, 0) is 16.0 Å². The monoisotopic (exact) mass is 439 g/mol. The zero-order chi connectivity index (χ0) is 22.9. The van der Waals surface area contributed by atoms with Gasteiger partial charge in [0.15, 0.2) is 0 Å². The first kappa shape index (κ1) is 22.6. The van der Waals surface area contributed by atoms with E-state index < -0.39 is 11.1 Å². The molecule has 1 aromatic carbocycles. The summed E-state index contributed by atoms with van der Waals surface area (Å²) in [6.45, 7) is 6.44. The largest absolute Gasteiger partial charge is 0.385 e. The van der Waals surface area contributed by atoms with Crippen molar-refractivity contribution in [2.24, 2.45) is 0 Å². The number of rotatable bonds is 9. The Hall–Kier alpha value is -2.64. The number of carbonyl (C=O) groups excluding carboxylic acids is 2. The molecule has 32 heavy (non-hydrogen) atoms. The second kappa shape index (κ2) is 8.71. The fourth-order valence-corrected chi connectivity index (χ4v) is 5.00. The molecule has 0 bridgehead atoms. The van der Waals surface area contributed by atoms with Crippen molar-refractivity contribution in [3.8, 4) is 0 Å². The molecule has 2 heterocycles. The van der Waals surface area contributed by atoms with Gasteiger partial charge in [0.05, 0.1) is 11.2 Å². The number of carbonyl (C=O) groups is 2. The van der Waals surface area contributed by atoms with Gasteiger partial charge in [-0.05, 0) is 51.3 Å². The van der Waals surface area contributed by atoms with Crippen LogP contribution in [0.3, 0.4) is 0 Å². The maximum atomic E-state index is 13.4. The Morgan fingerprint density at radius 1 is 1.09 bits per heavy atom. The summed E-state index contributed by atoms with van der Waals surface area (Å²) >= 11 is 0. The number of nitrogens with one attached hydrogen (secondary N) is 1. The number of hydrogen-bond donors (Lipinski definition) is 1. The number of methoxy groups -OCH3 is 2. The molecule has 2 aliphatic rings. The molecule has 1 aliphatic heterocycles. The van der Waals surface area contributed by atoms with Crippen LogP contribution in [0.4, 0.5) is 0 Å². The molecule has 4 rings (SSSR count). The SMILES string of the molecule is COCCCn1c(C)cc(C(=O)N2CC(NC(=O)c3ccccc3)(C3(OC)CC3)C2)c1C. The highest BCUT2D eigenvalue weighted by Gasteiger charge is 2.66. The van der Waals surface area contributed by atoms with Crippen LogP contribution in [0.1, 0.15) is 51.4 Å². The third-order valence-corrected chi connectivity index (χ3v) is 7.10. The van der Waals surface area contributed by atoms with Gasteiger partial charge in [0.1, 0.15) is 5.54 Å². The lowest BCUT2D eigenvalue weighted by Gasteiger charge is -2.54. The third-order valence-electron chi connectivity index (χ3n) is 7.10. The normalized spacial score (nSPS) is 18.2. The van der Waals surface area contributed by atoms with E-state index in [0.717, 1.165) is 42.8 Å². The highest BCUT2D eigenvalue weighted by Crippen LogP contribution is 2.52. The number of aryl methyl sites for hydroxylation is 1. The van der Waals surface area contributed by atoms with E-state index >= 15 is 0 Å². The van der Waals surface area contributed by atoms with Crippen LogP contribution < -0.4 is 5.32 Å². The lowest BCUT2D eigenvalue weighted by Crippen LogP contribution is -2.77. The molecule has 1 aromatic heterocycles. The Bertz CT molecular complexity index is 988. The maximum absolute atomic E-state index is 13.4. The summed E-state index contributed by atoms with van der Waals surface area (Å²) in [5.74, 6) is -0.120. The van der Waals surface area contributed by atoms with Crippen molar-refractivity contribution in [1.82, 2.24) is 14.8 Å². The Labute approximate surface area is 189 Å². The van der Waals surface area contributed by atoms with E-state index in [1.165, 1.54) is 0 Å². The van der Waals surface area contributed by atoms with Gasteiger partial charge in [-0.25, -0.2) is 0 Å². The lowest BCUT2D eigenvalue weighted by atomic mass is 9.80. The van der Waals surface area contributed by atoms with Crippen LogP contribution in [0.25, 0.3) is 0 Å². The fraction of sp³-hybridized carbons (Fsp3) is 0.520. The highest BCUT2D eigenvalue weighted by atomic mass is 16.5. The number of benzene rings is 1. The second-order valence-corrected chi connectivity index (χ2v) is 9.04. The Balaban J connectivity index is 1.50. The number of hydrogen-bond acceptors (Lipinski definition) is 4. The van der Waals surface area contributed by atoms with Crippen LogP contribution in [0.15, 0.2) is 36.4 Å². The summed E-state index contributed by atoms with van der Waals surface area (Å²) in [5, 5.41) is 3.22. The van der Waals surface area contributed by atoms with Gasteiger partial charge < -0.3 is 24.3 Å². The molecule has 7 heteroatoms. The number of ether oxygens (including phenoxy) is 2. The predicted octanol–water partition coefficient (Wildman–Crippen LogP) is 2.95. The van der Waals surface area contributed by atoms with E-state index in [9.17, 15) is 9.59 Å². The van der Waals surface area contributed by atoms with Gasteiger partial charge in [0.2, 0.25) is 0 Å². The van der Waals surface area contributed by atoms with Crippen molar-refractivity contribution < 1.29 is 19.1 Å². The topological polar surface area (TPSA) is 72.8 Å². The van der Waals surface area contributed by atoms with Crippen LogP contribution in [0.2, 0.25) is 0 Å². The summed E-state index contributed by atoms with van der Waals surface area (Å²) in [6.07, 6.45) is 2.67. The minimum atomic E-state index is -0.561. The van der Waals surface area contributed by atoms with Crippen molar-refractivity contribution >= 4 is 11.8 Å². The van der Waals surface area contributed by atoms with Crippen LogP contribution in [0.5, 0.6) is 0 Å². The summed E-state index contributed by atoms with van der Waals surface area (Å²) in [5.41, 5.74) is 2.43. The third kappa shape index (κ3) is 3.84. The van der Waals surface area contributed by atoms with E-state index in [0.29, 0.717) is 25.3 Å². The predicted molar refractivity (Wildman–Crippen MR) is 122 cm³/mol. The van der Waals surface area contributed by atoms with Crippen molar-refractivity contribution in [1.29, 1.82) is 0 Å². The molecule has 0 radical (unpaired) electrons. The van der Waals surface area contributed by atoms with Gasteiger partial charge in [-0.3, -0.25) is 9.59 Å². The standard InChI is InChI=1S/C25H33N3O4/c1-18-15-21(19(2)28(18)13-8-14-31-3)23(30)27-16-24(17-27,25(32-4)11-12-25)26-22(29)20-9-6-5-7-10-20/h5-7,9-10,15H,8,11-14,16-17H2,1-4H3,(H,26,29). The minimum Gasteiger partial charge on any atom is -0.385 e. The molecular weight excluding hydrogens is 406 g/mol. The fourth-order valence-electron chi connectivity index (χ4n) is 5.00. The lowest BCUT2D eigenvalue weighted by molar-refractivity contribution is -0.0709. The van der Waals surface area contributed by atoms with E-state index in [-0.39, 0.29) is 11.8 Å². The van der Waals surface area contributed by atoms with E-state index in [4.69, 9.17) is 9.47 Å². The molecule has 172 valence electrons.